The maximum atomic E-state index is 11.3. The minimum absolute atomic E-state index is 0.552. The van der Waals surface area contributed by atoms with Gasteiger partial charge in [0.25, 0.3) is 0 Å². The van der Waals surface area contributed by atoms with E-state index in [1.165, 1.54) is 10.8 Å². The minimum atomic E-state index is 0.552. The maximum absolute atomic E-state index is 11.3. The number of nitriles is 1. The standard InChI is InChI=1S/C52H32N6/c1-54-33-14-12-13-31(27-33)40-29-47(57-43-21-10-4-15-34(43)36-23-25-45-49(51(36)57)38-17-6-8-19-41(38)55(45)2)32(30-53)28-48(40)58-44-22-11-5-16-35(44)37-24-26-46-50(52(37)58)39-18-7-9-20-42(39)56(46)3/h4-29H,2-3H3. The molecule has 0 saturated carbocycles. The Labute approximate surface area is 332 Å². The molecule has 0 amide bonds. The lowest BCUT2D eigenvalue weighted by Gasteiger charge is -2.19. The van der Waals surface area contributed by atoms with Crippen molar-refractivity contribution in [2.45, 2.75) is 0 Å². The van der Waals surface area contributed by atoms with Gasteiger partial charge in [0, 0.05) is 73.8 Å². The predicted molar refractivity (Wildman–Crippen MR) is 239 cm³/mol. The van der Waals surface area contributed by atoms with Crippen LogP contribution in [0.1, 0.15) is 5.56 Å². The smallest absolute Gasteiger partial charge is 0.187 e. The van der Waals surface area contributed by atoms with Crippen LogP contribution in [-0.4, -0.2) is 18.3 Å². The van der Waals surface area contributed by atoms with Gasteiger partial charge in [0.05, 0.1) is 56.6 Å². The molecule has 0 atom stereocenters. The molecule has 12 rings (SSSR count). The molecule has 0 fully saturated rings. The zero-order valence-electron chi connectivity index (χ0n) is 31.7. The summed E-state index contributed by atoms with van der Waals surface area (Å²) in [6.45, 7) is 7.99. The van der Waals surface area contributed by atoms with E-state index in [1.807, 2.05) is 18.2 Å². The number of fused-ring (bicyclic) bond motifs is 14. The first-order valence-electron chi connectivity index (χ1n) is 19.4. The van der Waals surface area contributed by atoms with Crippen LogP contribution in [0.3, 0.4) is 0 Å². The van der Waals surface area contributed by atoms with Crippen molar-refractivity contribution in [1.29, 1.82) is 5.26 Å². The topological polar surface area (TPSA) is 47.9 Å². The van der Waals surface area contributed by atoms with Crippen molar-refractivity contribution in [3.8, 4) is 28.6 Å². The molecule has 58 heavy (non-hydrogen) atoms. The van der Waals surface area contributed by atoms with Crippen LogP contribution >= 0.6 is 0 Å². The molecular weight excluding hydrogens is 709 g/mol. The van der Waals surface area contributed by atoms with E-state index < -0.39 is 0 Å². The highest BCUT2D eigenvalue weighted by Crippen LogP contribution is 2.46. The number of hydrogen-bond donors (Lipinski definition) is 0. The van der Waals surface area contributed by atoms with Gasteiger partial charge in [-0.15, -0.1) is 0 Å². The summed E-state index contributed by atoms with van der Waals surface area (Å²) < 4.78 is 9.20. The van der Waals surface area contributed by atoms with Crippen LogP contribution in [0, 0.1) is 17.9 Å². The van der Waals surface area contributed by atoms with Gasteiger partial charge in [-0.1, -0.05) is 103 Å². The first-order chi connectivity index (χ1) is 28.6. The van der Waals surface area contributed by atoms with Crippen molar-refractivity contribution < 1.29 is 0 Å². The van der Waals surface area contributed by atoms with Crippen molar-refractivity contribution >= 4 is 92.9 Å². The SMILES string of the molecule is [C-]#[N+]c1cccc(-c2cc(-n3c4ccccc4c4ccc5c(c6ccccc6n5C)c43)c(C#N)cc2-n2c3ccccc3c3ccc4c(c5ccccc5n4C)c32)c1. The van der Waals surface area contributed by atoms with Crippen molar-refractivity contribution in [2.75, 3.05) is 0 Å². The van der Waals surface area contributed by atoms with Crippen LogP contribution < -0.4 is 0 Å². The zero-order valence-corrected chi connectivity index (χ0v) is 31.7. The maximum Gasteiger partial charge on any atom is 0.187 e. The summed E-state index contributed by atoms with van der Waals surface area (Å²) in [6.07, 6.45) is 0. The molecule has 0 aliphatic rings. The molecule has 4 aromatic heterocycles. The molecule has 12 aromatic rings. The molecule has 6 nitrogen and oxygen atoms in total. The third-order valence-electron chi connectivity index (χ3n) is 12.4. The van der Waals surface area contributed by atoms with Gasteiger partial charge < -0.3 is 18.3 Å². The molecule has 8 aromatic carbocycles. The summed E-state index contributed by atoms with van der Waals surface area (Å²) in [5.74, 6) is 0. The van der Waals surface area contributed by atoms with E-state index in [0.717, 1.165) is 99.0 Å². The molecule has 0 saturated heterocycles. The Morgan fingerprint density at radius 3 is 1.50 bits per heavy atom. The summed E-state index contributed by atoms with van der Waals surface area (Å²) >= 11 is 0. The fourth-order valence-electron chi connectivity index (χ4n) is 9.91. The van der Waals surface area contributed by atoms with E-state index in [0.29, 0.717) is 11.3 Å². The molecule has 0 radical (unpaired) electrons. The van der Waals surface area contributed by atoms with Gasteiger partial charge in [0.2, 0.25) is 0 Å². The molecule has 0 spiro atoms. The Morgan fingerprint density at radius 1 is 0.466 bits per heavy atom. The lowest BCUT2D eigenvalue weighted by atomic mass is 9.98. The number of nitrogens with zero attached hydrogens (tertiary/aromatic N) is 6. The van der Waals surface area contributed by atoms with Crippen LogP contribution in [-0.2, 0) is 14.1 Å². The van der Waals surface area contributed by atoms with Gasteiger partial charge in [0.15, 0.2) is 5.69 Å². The van der Waals surface area contributed by atoms with Crippen molar-refractivity contribution in [3.63, 3.8) is 0 Å². The number of aromatic nitrogens is 4. The largest absolute Gasteiger partial charge is 0.344 e. The van der Waals surface area contributed by atoms with Crippen LogP contribution in [0.15, 0.2) is 158 Å². The number of para-hydroxylation sites is 4. The molecule has 6 heteroatoms. The summed E-state index contributed by atoms with van der Waals surface area (Å²) in [4.78, 5) is 3.86. The van der Waals surface area contributed by atoms with Crippen molar-refractivity contribution in [1.82, 2.24) is 18.3 Å². The molecule has 0 aliphatic heterocycles. The average Bonchev–Trinajstić information content (AvgIpc) is 3.98. The van der Waals surface area contributed by atoms with Gasteiger partial charge in [-0.25, -0.2) is 4.85 Å². The number of rotatable bonds is 3. The van der Waals surface area contributed by atoms with E-state index >= 15 is 0 Å². The predicted octanol–water partition coefficient (Wildman–Crippen LogP) is 13.3. The molecule has 270 valence electrons. The first-order valence-corrected chi connectivity index (χ1v) is 19.4. The lowest BCUT2D eigenvalue weighted by Crippen LogP contribution is -2.04. The van der Waals surface area contributed by atoms with Crippen LogP contribution in [0.5, 0.6) is 0 Å². The normalized spacial score (nSPS) is 11.9. The molecule has 4 heterocycles. The van der Waals surface area contributed by atoms with Gasteiger partial charge in [-0.05, 0) is 60.2 Å². The second-order valence-electron chi connectivity index (χ2n) is 15.2. The highest BCUT2D eigenvalue weighted by molar-refractivity contribution is 6.27. The second kappa shape index (κ2) is 11.7. The summed E-state index contributed by atoms with van der Waals surface area (Å²) in [6, 6.07) is 57.9. The van der Waals surface area contributed by atoms with E-state index in [9.17, 15) is 5.26 Å². The van der Waals surface area contributed by atoms with E-state index in [2.05, 4.69) is 183 Å². The second-order valence-corrected chi connectivity index (χ2v) is 15.2. The van der Waals surface area contributed by atoms with E-state index in [4.69, 9.17) is 6.57 Å². The Bertz CT molecular complexity index is 3850. The highest BCUT2D eigenvalue weighted by Gasteiger charge is 2.25. The average molecular weight is 741 g/mol. The Hall–Kier alpha value is -8.06. The summed E-state index contributed by atoms with van der Waals surface area (Å²) in [5, 5.41) is 20.5. The van der Waals surface area contributed by atoms with Crippen LogP contribution in [0.4, 0.5) is 5.69 Å². The molecule has 0 aliphatic carbocycles. The monoisotopic (exact) mass is 740 g/mol. The van der Waals surface area contributed by atoms with E-state index in [-0.39, 0.29) is 0 Å². The quantitative estimate of drug-likeness (QED) is 0.166. The van der Waals surface area contributed by atoms with Crippen molar-refractivity contribution in [3.05, 3.63) is 175 Å². The number of benzene rings is 8. The van der Waals surface area contributed by atoms with Gasteiger partial charge in [-0.2, -0.15) is 5.26 Å². The zero-order chi connectivity index (χ0) is 38.8. The minimum Gasteiger partial charge on any atom is -0.344 e. The van der Waals surface area contributed by atoms with E-state index in [1.54, 1.807) is 0 Å². The Morgan fingerprint density at radius 2 is 0.966 bits per heavy atom. The van der Waals surface area contributed by atoms with Gasteiger partial charge >= 0.3 is 0 Å². The van der Waals surface area contributed by atoms with Crippen LogP contribution in [0.2, 0.25) is 0 Å². The van der Waals surface area contributed by atoms with Gasteiger partial charge in [0.1, 0.15) is 6.07 Å². The third kappa shape index (κ3) is 4.13. The van der Waals surface area contributed by atoms with Crippen LogP contribution in [0.25, 0.3) is 115 Å². The lowest BCUT2D eigenvalue weighted by molar-refractivity contribution is 1.01. The summed E-state index contributed by atoms with van der Waals surface area (Å²) in [5.41, 5.74) is 13.4. The Kier molecular flexibility index (Phi) is 6.51. The van der Waals surface area contributed by atoms with Gasteiger partial charge in [-0.3, -0.25) is 0 Å². The molecule has 0 unspecified atom stereocenters. The third-order valence-corrected chi connectivity index (χ3v) is 12.4. The molecule has 0 bridgehead atoms. The fraction of sp³-hybridized carbons (Fsp3) is 0.0385. The first kappa shape index (κ1) is 32.2. The number of aryl methyl sites for hydroxylation is 2. The molecular formula is C52H32N6. The Balaban J connectivity index is 1.29. The number of hydrogen-bond acceptors (Lipinski definition) is 1. The van der Waals surface area contributed by atoms with Crippen molar-refractivity contribution in [2.24, 2.45) is 14.1 Å². The summed E-state index contributed by atoms with van der Waals surface area (Å²) in [7, 11) is 4.26. The highest BCUT2D eigenvalue weighted by atomic mass is 15.0. The fourth-order valence-corrected chi connectivity index (χ4v) is 9.91. The molecule has 0 N–H and O–H groups in total.